The predicted molar refractivity (Wildman–Crippen MR) is 83.9 cm³/mol. The molecule has 1 aliphatic rings. The van der Waals surface area contributed by atoms with Crippen LogP contribution in [-0.2, 0) is 14.8 Å². The number of sulfonamides is 1. The van der Waals surface area contributed by atoms with E-state index >= 15 is 0 Å². The van der Waals surface area contributed by atoms with E-state index in [9.17, 15) is 22.0 Å². The summed E-state index contributed by atoms with van der Waals surface area (Å²) in [5.74, 6) is -2.49. The minimum atomic E-state index is -4.27. The van der Waals surface area contributed by atoms with Crippen molar-refractivity contribution in [3.63, 3.8) is 0 Å². The first-order chi connectivity index (χ1) is 11.4. The van der Waals surface area contributed by atoms with Crippen molar-refractivity contribution in [3.05, 3.63) is 60.2 Å². The second-order valence-corrected chi connectivity index (χ2v) is 7.05. The maximum atomic E-state index is 13.7. The summed E-state index contributed by atoms with van der Waals surface area (Å²) < 4.78 is 53.4. The van der Waals surface area contributed by atoms with Gasteiger partial charge in [0.1, 0.15) is 22.6 Å². The van der Waals surface area contributed by atoms with E-state index in [0.717, 1.165) is 12.1 Å². The zero-order valence-electron chi connectivity index (χ0n) is 12.4. The number of carbonyl (C=O) groups excluding carboxylic acids is 1. The van der Waals surface area contributed by atoms with Gasteiger partial charge in [-0.1, -0.05) is 18.2 Å². The van der Waals surface area contributed by atoms with Crippen LogP contribution in [0.2, 0.25) is 0 Å². The van der Waals surface area contributed by atoms with E-state index in [1.54, 1.807) is 24.3 Å². The molecule has 1 atom stereocenters. The number of para-hydroxylation sites is 1. The molecule has 0 aromatic heterocycles. The lowest BCUT2D eigenvalue weighted by Crippen LogP contribution is -2.41. The Hall–Kier alpha value is -2.32. The van der Waals surface area contributed by atoms with Gasteiger partial charge in [-0.2, -0.15) is 4.72 Å². The Balaban J connectivity index is 1.80. The number of anilines is 1. The van der Waals surface area contributed by atoms with Crippen LogP contribution >= 0.6 is 0 Å². The second kappa shape index (κ2) is 6.29. The molecular formula is C16H14F2N2O3S. The van der Waals surface area contributed by atoms with Gasteiger partial charge in [-0.15, -0.1) is 0 Å². The van der Waals surface area contributed by atoms with Crippen LogP contribution in [0.4, 0.5) is 14.5 Å². The van der Waals surface area contributed by atoms with E-state index in [2.05, 4.69) is 4.72 Å². The Bertz CT molecular complexity index is 872. The third-order valence-electron chi connectivity index (χ3n) is 3.75. The summed E-state index contributed by atoms with van der Waals surface area (Å²) in [7, 11) is -4.27. The first-order valence-electron chi connectivity index (χ1n) is 7.22. The maximum absolute atomic E-state index is 13.7. The van der Waals surface area contributed by atoms with Crippen molar-refractivity contribution in [2.45, 2.75) is 17.4 Å². The van der Waals surface area contributed by atoms with Gasteiger partial charge in [0.15, 0.2) is 0 Å². The first kappa shape index (κ1) is 16.5. The first-order valence-corrected chi connectivity index (χ1v) is 8.70. The van der Waals surface area contributed by atoms with E-state index in [-0.39, 0.29) is 6.42 Å². The van der Waals surface area contributed by atoms with Gasteiger partial charge in [-0.25, -0.2) is 17.2 Å². The number of hydrogen-bond acceptors (Lipinski definition) is 3. The highest BCUT2D eigenvalue weighted by Crippen LogP contribution is 2.23. The van der Waals surface area contributed by atoms with Gasteiger partial charge in [0.25, 0.3) is 0 Å². The highest BCUT2D eigenvalue weighted by molar-refractivity contribution is 7.89. The monoisotopic (exact) mass is 352 g/mol. The van der Waals surface area contributed by atoms with Crippen LogP contribution in [-0.4, -0.2) is 26.9 Å². The maximum Gasteiger partial charge on any atom is 0.245 e. The van der Waals surface area contributed by atoms with Gasteiger partial charge in [-0.05, 0) is 30.7 Å². The average molecular weight is 352 g/mol. The summed E-state index contributed by atoms with van der Waals surface area (Å²) in [6, 6.07) is 10.0. The normalized spacial score (nSPS) is 18.2. The lowest BCUT2D eigenvalue weighted by atomic mass is 10.3. The van der Waals surface area contributed by atoms with Crippen molar-refractivity contribution in [1.82, 2.24) is 4.72 Å². The molecule has 1 aliphatic heterocycles. The van der Waals surface area contributed by atoms with Crippen molar-refractivity contribution in [2.75, 3.05) is 11.4 Å². The van der Waals surface area contributed by atoms with Gasteiger partial charge in [0, 0.05) is 18.3 Å². The van der Waals surface area contributed by atoms with Gasteiger partial charge in [0.2, 0.25) is 15.9 Å². The van der Waals surface area contributed by atoms with Crippen LogP contribution in [0.15, 0.2) is 53.4 Å². The number of halogens is 2. The van der Waals surface area contributed by atoms with E-state index in [0.29, 0.717) is 18.3 Å². The molecule has 8 heteroatoms. The SMILES string of the molecule is O=C1[C@H](NS(=O)(=O)c2ccc(F)cc2F)CCN1c1ccccc1. The molecule has 0 unspecified atom stereocenters. The molecule has 0 saturated carbocycles. The molecule has 1 amide bonds. The fourth-order valence-electron chi connectivity index (χ4n) is 2.60. The Labute approximate surface area is 138 Å². The van der Waals surface area contributed by atoms with Gasteiger partial charge >= 0.3 is 0 Å². The summed E-state index contributed by atoms with van der Waals surface area (Å²) in [6.07, 6.45) is 0.260. The van der Waals surface area contributed by atoms with E-state index in [1.807, 2.05) is 6.07 Å². The van der Waals surface area contributed by atoms with Crippen LogP contribution in [0.3, 0.4) is 0 Å². The number of carbonyl (C=O) groups is 1. The number of hydrogen-bond donors (Lipinski definition) is 1. The summed E-state index contributed by atoms with van der Waals surface area (Å²) >= 11 is 0. The predicted octanol–water partition coefficient (Wildman–Crippen LogP) is 2.05. The number of benzene rings is 2. The summed E-state index contributed by atoms with van der Waals surface area (Å²) in [5.41, 5.74) is 0.664. The van der Waals surface area contributed by atoms with E-state index in [4.69, 9.17) is 0 Å². The quantitative estimate of drug-likeness (QED) is 0.916. The van der Waals surface area contributed by atoms with Crippen LogP contribution in [0.25, 0.3) is 0 Å². The topological polar surface area (TPSA) is 66.5 Å². The van der Waals surface area contributed by atoms with Gasteiger partial charge in [0.05, 0.1) is 0 Å². The third-order valence-corrected chi connectivity index (χ3v) is 5.26. The largest absolute Gasteiger partial charge is 0.311 e. The minimum Gasteiger partial charge on any atom is -0.311 e. The Morgan fingerprint density at radius 2 is 1.79 bits per heavy atom. The molecule has 1 saturated heterocycles. The number of rotatable bonds is 4. The molecule has 2 aromatic carbocycles. The highest BCUT2D eigenvalue weighted by atomic mass is 32.2. The number of amides is 1. The lowest BCUT2D eigenvalue weighted by Gasteiger charge is -2.17. The molecule has 0 radical (unpaired) electrons. The zero-order valence-corrected chi connectivity index (χ0v) is 13.3. The Morgan fingerprint density at radius 3 is 2.46 bits per heavy atom. The number of nitrogens with one attached hydrogen (secondary N) is 1. The van der Waals surface area contributed by atoms with Gasteiger partial charge in [-0.3, -0.25) is 4.79 Å². The summed E-state index contributed by atoms with van der Waals surface area (Å²) in [5, 5.41) is 0. The van der Waals surface area contributed by atoms with E-state index < -0.39 is 38.5 Å². The van der Waals surface area contributed by atoms with Crippen LogP contribution in [0.1, 0.15) is 6.42 Å². The fraction of sp³-hybridized carbons (Fsp3) is 0.188. The lowest BCUT2D eigenvalue weighted by molar-refractivity contribution is -0.118. The molecule has 2 aromatic rings. The summed E-state index contributed by atoms with van der Waals surface area (Å²) in [4.78, 5) is 13.2. The molecule has 1 heterocycles. The molecule has 126 valence electrons. The fourth-order valence-corrected chi connectivity index (χ4v) is 3.88. The molecule has 24 heavy (non-hydrogen) atoms. The van der Waals surface area contributed by atoms with Crippen molar-refractivity contribution < 1.29 is 22.0 Å². The molecule has 5 nitrogen and oxygen atoms in total. The molecule has 1 N–H and O–H groups in total. The van der Waals surface area contributed by atoms with E-state index in [1.165, 1.54) is 4.90 Å². The standard InChI is InChI=1S/C16H14F2N2O3S/c17-11-6-7-15(13(18)10-11)24(22,23)19-14-8-9-20(16(14)21)12-4-2-1-3-5-12/h1-7,10,14,19H,8-9H2/t14-/m1/s1. The van der Waals surface area contributed by atoms with Crippen LogP contribution < -0.4 is 9.62 Å². The molecule has 0 aliphatic carbocycles. The van der Waals surface area contributed by atoms with Crippen molar-refractivity contribution >= 4 is 21.6 Å². The Kier molecular flexibility index (Phi) is 4.33. The average Bonchev–Trinajstić information content (AvgIpc) is 2.88. The third kappa shape index (κ3) is 3.15. The molecular weight excluding hydrogens is 338 g/mol. The molecule has 1 fully saturated rings. The molecule has 0 spiro atoms. The van der Waals surface area contributed by atoms with Crippen molar-refractivity contribution in [3.8, 4) is 0 Å². The molecule has 0 bridgehead atoms. The highest BCUT2D eigenvalue weighted by Gasteiger charge is 2.36. The second-order valence-electron chi connectivity index (χ2n) is 5.36. The van der Waals surface area contributed by atoms with Crippen molar-refractivity contribution in [1.29, 1.82) is 0 Å². The Morgan fingerprint density at radius 1 is 1.08 bits per heavy atom. The minimum absolute atomic E-state index is 0.260. The summed E-state index contributed by atoms with van der Waals surface area (Å²) in [6.45, 7) is 0.349. The van der Waals surface area contributed by atoms with Crippen LogP contribution in [0.5, 0.6) is 0 Å². The van der Waals surface area contributed by atoms with Gasteiger partial charge < -0.3 is 4.90 Å². The van der Waals surface area contributed by atoms with Crippen LogP contribution in [0, 0.1) is 11.6 Å². The number of nitrogens with zero attached hydrogens (tertiary/aromatic N) is 1. The van der Waals surface area contributed by atoms with Crippen molar-refractivity contribution in [2.24, 2.45) is 0 Å². The zero-order chi connectivity index (χ0) is 17.3. The molecule has 3 rings (SSSR count). The smallest absolute Gasteiger partial charge is 0.245 e.